The quantitative estimate of drug-likeness (QED) is 0.638. The molecule has 0 fully saturated rings. The summed E-state index contributed by atoms with van der Waals surface area (Å²) in [5.41, 5.74) is 0.526. The van der Waals surface area contributed by atoms with Gasteiger partial charge in [-0.2, -0.15) is 13.2 Å². The van der Waals surface area contributed by atoms with E-state index in [9.17, 15) is 23.1 Å². The first-order valence-corrected chi connectivity index (χ1v) is 8.42. The van der Waals surface area contributed by atoms with Crippen LogP contribution in [0.15, 0.2) is 53.4 Å². The van der Waals surface area contributed by atoms with E-state index in [1.807, 2.05) is 6.26 Å². The minimum Gasteiger partial charge on any atom is -0.478 e. The van der Waals surface area contributed by atoms with Crippen molar-refractivity contribution in [3.05, 3.63) is 59.7 Å². The molecule has 2 aromatic carbocycles. The molecule has 0 spiro atoms. The highest BCUT2D eigenvalue weighted by Crippen LogP contribution is 2.32. The van der Waals surface area contributed by atoms with Gasteiger partial charge >= 0.3 is 12.1 Å². The molecular weight excluding hydrogens is 351 g/mol. The molecule has 0 bridgehead atoms. The van der Waals surface area contributed by atoms with Crippen LogP contribution < -0.4 is 0 Å². The van der Waals surface area contributed by atoms with Gasteiger partial charge < -0.3 is 5.11 Å². The van der Waals surface area contributed by atoms with E-state index in [4.69, 9.17) is 0 Å². The third kappa shape index (κ3) is 3.46. The van der Waals surface area contributed by atoms with Gasteiger partial charge in [0.2, 0.25) is 0 Å². The first kappa shape index (κ1) is 17.3. The number of alkyl halides is 3. The summed E-state index contributed by atoms with van der Waals surface area (Å²) in [6.45, 7) is 0. The third-order valence-electron chi connectivity index (χ3n) is 3.76. The topological polar surface area (TPSA) is 50.2 Å². The predicted octanol–water partition coefficient (Wildman–Crippen LogP) is 5.34. The van der Waals surface area contributed by atoms with Gasteiger partial charge in [-0.15, -0.1) is 11.8 Å². The van der Waals surface area contributed by atoms with Crippen molar-refractivity contribution in [2.75, 3.05) is 6.26 Å². The Labute approximate surface area is 145 Å². The molecule has 0 atom stereocenters. The number of nitrogens with zero attached hydrogens (tertiary/aromatic N) is 1. The number of hydrogen-bond acceptors (Lipinski definition) is 3. The summed E-state index contributed by atoms with van der Waals surface area (Å²) in [7, 11) is 0. The maximum atomic E-state index is 12.7. The Morgan fingerprint density at radius 3 is 2.32 bits per heavy atom. The summed E-state index contributed by atoms with van der Waals surface area (Å²) >= 11 is 1.49. The van der Waals surface area contributed by atoms with E-state index >= 15 is 0 Å². The summed E-state index contributed by atoms with van der Waals surface area (Å²) in [5.74, 6) is -1.11. The molecule has 7 heteroatoms. The van der Waals surface area contributed by atoms with E-state index < -0.39 is 17.7 Å². The number of halogens is 3. The van der Waals surface area contributed by atoms with Crippen LogP contribution in [0.25, 0.3) is 22.2 Å². The van der Waals surface area contributed by atoms with E-state index in [1.165, 1.54) is 30.0 Å². The maximum absolute atomic E-state index is 12.7. The summed E-state index contributed by atoms with van der Waals surface area (Å²) in [5, 5.41) is 9.94. The minimum atomic E-state index is -4.42. The first-order valence-electron chi connectivity index (χ1n) is 7.19. The SMILES string of the molecule is CSc1ccc2c(C(=O)O)cc(-c3ccc(C(F)(F)F)cc3)nc2c1. The lowest BCUT2D eigenvalue weighted by molar-refractivity contribution is -0.137. The van der Waals surface area contributed by atoms with Crippen LogP contribution in [-0.4, -0.2) is 22.3 Å². The average Bonchev–Trinajstić information content (AvgIpc) is 2.59. The van der Waals surface area contributed by atoms with Gasteiger partial charge in [-0.05, 0) is 36.6 Å². The summed E-state index contributed by atoms with van der Waals surface area (Å²) < 4.78 is 38.1. The number of hydrogen-bond donors (Lipinski definition) is 1. The van der Waals surface area contributed by atoms with Gasteiger partial charge in [0.25, 0.3) is 0 Å². The van der Waals surface area contributed by atoms with Gasteiger partial charge in [0.05, 0.1) is 22.3 Å². The van der Waals surface area contributed by atoms with Crippen LogP contribution in [0.4, 0.5) is 13.2 Å². The Morgan fingerprint density at radius 2 is 1.76 bits per heavy atom. The van der Waals surface area contributed by atoms with Crippen molar-refractivity contribution >= 4 is 28.6 Å². The van der Waals surface area contributed by atoms with Gasteiger partial charge in [0.15, 0.2) is 0 Å². The van der Waals surface area contributed by atoms with Gasteiger partial charge in [-0.1, -0.05) is 18.2 Å². The van der Waals surface area contributed by atoms with Crippen LogP contribution in [0.5, 0.6) is 0 Å². The Bertz CT molecular complexity index is 953. The number of benzene rings is 2. The second-order valence-electron chi connectivity index (χ2n) is 5.32. The molecule has 0 aliphatic heterocycles. The molecule has 1 heterocycles. The average molecular weight is 363 g/mol. The number of fused-ring (bicyclic) bond motifs is 1. The fourth-order valence-electron chi connectivity index (χ4n) is 2.49. The lowest BCUT2D eigenvalue weighted by Crippen LogP contribution is -2.04. The van der Waals surface area contributed by atoms with Crippen molar-refractivity contribution in [2.24, 2.45) is 0 Å². The number of rotatable bonds is 3. The molecule has 0 aliphatic carbocycles. The van der Waals surface area contributed by atoms with Crippen LogP contribution in [0.3, 0.4) is 0 Å². The molecule has 1 aromatic heterocycles. The van der Waals surface area contributed by atoms with E-state index in [0.717, 1.165) is 17.0 Å². The zero-order valence-corrected chi connectivity index (χ0v) is 13.8. The maximum Gasteiger partial charge on any atom is 0.416 e. The van der Waals surface area contributed by atoms with E-state index in [1.54, 1.807) is 18.2 Å². The van der Waals surface area contributed by atoms with Crippen LogP contribution in [0.1, 0.15) is 15.9 Å². The summed E-state index contributed by atoms with van der Waals surface area (Å²) in [6.07, 6.45) is -2.53. The second-order valence-corrected chi connectivity index (χ2v) is 6.20. The molecule has 3 rings (SSSR count). The molecule has 0 aliphatic rings. The van der Waals surface area contributed by atoms with E-state index in [0.29, 0.717) is 22.2 Å². The molecule has 0 saturated carbocycles. The van der Waals surface area contributed by atoms with E-state index in [2.05, 4.69) is 4.98 Å². The lowest BCUT2D eigenvalue weighted by Gasteiger charge is -2.10. The molecule has 0 saturated heterocycles. The number of thioether (sulfide) groups is 1. The second kappa shape index (κ2) is 6.40. The molecule has 3 nitrogen and oxygen atoms in total. The highest BCUT2D eigenvalue weighted by Gasteiger charge is 2.30. The fourth-order valence-corrected chi connectivity index (χ4v) is 2.92. The Hall–Kier alpha value is -2.54. The summed E-state index contributed by atoms with van der Waals surface area (Å²) in [4.78, 5) is 16.9. The normalized spacial score (nSPS) is 11.7. The van der Waals surface area contributed by atoms with Gasteiger partial charge in [0.1, 0.15) is 0 Å². The van der Waals surface area contributed by atoms with Crippen LogP contribution in [-0.2, 0) is 6.18 Å². The van der Waals surface area contributed by atoms with Gasteiger partial charge in [-0.3, -0.25) is 0 Å². The zero-order chi connectivity index (χ0) is 18.2. The highest BCUT2D eigenvalue weighted by molar-refractivity contribution is 7.98. The molecular formula is C18H12F3NO2S. The minimum absolute atomic E-state index is 0.0625. The highest BCUT2D eigenvalue weighted by atomic mass is 32.2. The van der Waals surface area contributed by atoms with E-state index in [-0.39, 0.29) is 5.56 Å². The van der Waals surface area contributed by atoms with Crippen LogP contribution in [0, 0.1) is 0 Å². The Kier molecular flexibility index (Phi) is 4.43. The Balaban J connectivity index is 2.17. The number of aromatic nitrogens is 1. The molecule has 0 radical (unpaired) electrons. The molecule has 3 aromatic rings. The zero-order valence-electron chi connectivity index (χ0n) is 13.0. The largest absolute Gasteiger partial charge is 0.478 e. The standard InChI is InChI=1S/C18H12F3NO2S/c1-25-12-6-7-13-14(17(23)24)9-15(22-16(13)8-12)10-2-4-11(5-3-10)18(19,20)21/h2-9H,1H3,(H,23,24). The van der Waals surface area contributed by atoms with Crippen molar-refractivity contribution in [1.29, 1.82) is 0 Å². The van der Waals surface area contributed by atoms with Crippen molar-refractivity contribution in [1.82, 2.24) is 4.98 Å². The number of pyridine rings is 1. The molecule has 128 valence electrons. The summed E-state index contributed by atoms with van der Waals surface area (Å²) in [6, 6.07) is 11.1. The molecule has 0 amide bonds. The lowest BCUT2D eigenvalue weighted by atomic mass is 10.0. The van der Waals surface area contributed by atoms with Crippen molar-refractivity contribution in [3.63, 3.8) is 0 Å². The third-order valence-corrected chi connectivity index (χ3v) is 4.48. The van der Waals surface area contributed by atoms with Crippen molar-refractivity contribution in [2.45, 2.75) is 11.1 Å². The number of carbonyl (C=O) groups is 1. The first-order chi connectivity index (χ1) is 11.8. The molecule has 25 heavy (non-hydrogen) atoms. The smallest absolute Gasteiger partial charge is 0.416 e. The number of carboxylic acids is 1. The number of aromatic carboxylic acids is 1. The molecule has 1 N–H and O–H groups in total. The van der Waals surface area contributed by atoms with Crippen molar-refractivity contribution < 1.29 is 23.1 Å². The van der Waals surface area contributed by atoms with Crippen LogP contribution >= 0.6 is 11.8 Å². The predicted molar refractivity (Wildman–Crippen MR) is 90.9 cm³/mol. The number of carboxylic acid groups (broad SMARTS) is 1. The molecule has 0 unspecified atom stereocenters. The van der Waals surface area contributed by atoms with Crippen molar-refractivity contribution in [3.8, 4) is 11.3 Å². The van der Waals surface area contributed by atoms with Gasteiger partial charge in [0, 0.05) is 15.8 Å². The monoisotopic (exact) mass is 363 g/mol. The van der Waals surface area contributed by atoms with Gasteiger partial charge in [-0.25, -0.2) is 9.78 Å². The van der Waals surface area contributed by atoms with Crippen LogP contribution in [0.2, 0.25) is 0 Å². The Morgan fingerprint density at radius 1 is 1.08 bits per heavy atom. The fraction of sp³-hybridized carbons (Fsp3) is 0.111.